The number of nitrogens with zero attached hydrogens (tertiary/aromatic N) is 2. The molecule has 0 atom stereocenters. The molecule has 4 nitrogen and oxygen atoms in total. The van der Waals surface area contributed by atoms with Gasteiger partial charge in [-0.25, -0.2) is 0 Å². The van der Waals surface area contributed by atoms with Crippen molar-refractivity contribution in [3.8, 4) is 0 Å². The van der Waals surface area contributed by atoms with Crippen molar-refractivity contribution < 1.29 is 9.53 Å². The summed E-state index contributed by atoms with van der Waals surface area (Å²) in [7, 11) is 2.14. The molecule has 1 rings (SSSR count). The van der Waals surface area contributed by atoms with Crippen molar-refractivity contribution in [2.75, 3.05) is 46.4 Å². The zero-order valence-corrected chi connectivity index (χ0v) is 10.0. The fourth-order valence-corrected chi connectivity index (χ4v) is 1.51. The van der Waals surface area contributed by atoms with Crippen molar-refractivity contribution in [2.45, 2.75) is 13.8 Å². The summed E-state index contributed by atoms with van der Waals surface area (Å²) in [6, 6.07) is 0. The van der Waals surface area contributed by atoms with Gasteiger partial charge >= 0.3 is 5.97 Å². The highest BCUT2D eigenvalue weighted by molar-refractivity contribution is 5.71. The summed E-state index contributed by atoms with van der Waals surface area (Å²) in [6.07, 6.45) is 0. The lowest BCUT2D eigenvalue weighted by Gasteiger charge is -2.32. The zero-order valence-electron chi connectivity index (χ0n) is 10.0. The maximum Gasteiger partial charge on any atom is 0.308 e. The third kappa shape index (κ3) is 4.62. The van der Waals surface area contributed by atoms with Crippen molar-refractivity contribution in [1.82, 2.24) is 9.80 Å². The van der Waals surface area contributed by atoms with E-state index in [0.717, 1.165) is 32.7 Å². The molecule has 0 bridgehead atoms. The molecule has 0 saturated carbocycles. The number of esters is 1. The summed E-state index contributed by atoms with van der Waals surface area (Å²) < 4.78 is 5.14. The van der Waals surface area contributed by atoms with Gasteiger partial charge in [0.05, 0.1) is 5.92 Å². The standard InChI is InChI=1S/C11H22N2O2/c1-10(2)11(14)15-9-8-13-6-4-12(3)5-7-13/h10H,4-9H2,1-3H3. The molecule has 0 amide bonds. The van der Waals surface area contributed by atoms with Gasteiger partial charge < -0.3 is 9.64 Å². The van der Waals surface area contributed by atoms with Crippen molar-refractivity contribution >= 4 is 5.97 Å². The Morgan fingerprint density at radius 3 is 2.40 bits per heavy atom. The first kappa shape index (κ1) is 12.5. The second-order valence-corrected chi connectivity index (χ2v) is 4.47. The van der Waals surface area contributed by atoms with Gasteiger partial charge in [-0.1, -0.05) is 13.8 Å². The van der Waals surface area contributed by atoms with Gasteiger partial charge in [-0.2, -0.15) is 0 Å². The third-order valence-corrected chi connectivity index (χ3v) is 2.72. The van der Waals surface area contributed by atoms with Crippen LogP contribution in [0.25, 0.3) is 0 Å². The summed E-state index contributed by atoms with van der Waals surface area (Å²) in [6.45, 7) is 9.49. The number of likely N-dealkylation sites (N-methyl/N-ethyl adjacent to an activating group) is 1. The molecule has 0 unspecified atom stereocenters. The van der Waals surface area contributed by atoms with E-state index in [1.807, 2.05) is 13.8 Å². The number of rotatable bonds is 4. The minimum absolute atomic E-state index is 0.0162. The van der Waals surface area contributed by atoms with Crippen LogP contribution in [-0.4, -0.2) is 62.1 Å². The SMILES string of the molecule is CC(C)C(=O)OCCN1CCN(C)CC1. The number of carbonyl (C=O) groups is 1. The van der Waals surface area contributed by atoms with Crippen LogP contribution in [0.5, 0.6) is 0 Å². The zero-order chi connectivity index (χ0) is 11.3. The van der Waals surface area contributed by atoms with Crippen LogP contribution >= 0.6 is 0 Å². The quantitative estimate of drug-likeness (QED) is 0.636. The molecule has 1 aliphatic heterocycles. The van der Waals surface area contributed by atoms with Crippen LogP contribution in [0.2, 0.25) is 0 Å². The molecule has 0 aromatic carbocycles. The van der Waals surface area contributed by atoms with Crippen LogP contribution in [0.15, 0.2) is 0 Å². The van der Waals surface area contributed by atoms with E-state index in [1.165, 1.54) is 0 Å². The molecular formula is C11H22N2O2. The predicted molar refractivity (Wildman–Crippen MR) is 59.7 cm³/mol. The minimum atomic E-state index is -0.0934. The molecule has 88 valence electrons. The van der Waals surface area contributed by atoms with Crippen LogP contribution < -0.4 is 0 Å². The van der Waals surface area contributed by atoms with E-state index in [1.54, 1.807) is 0 Å². The molecule has 1 fully saturated rings. The average Bonchev–Trinajstić information content (AvgIpc) is 2.20. The van der Waals surface area contributed by atoms with E-state index >= 15 is 0 Å². The van der Waals surface area contributed by atoms with Crippen LogP contribution in [0.4, 0.5) is 0 Å². The monoisotopic (exact) mass is 214 g/mol. The Bertz CT molecular complexity index is 199. The highest BCUT2D eigenvalue weighted by Gasteiger charge is 2.14. The van der Waals surface area contributed by atoms with Gasteiger partial charge in [-0.3, -0.25) is 9.69 Å². The second-order valence-electron chi connectivity index (χ2n) is 4.47. The van der Waals surface area contributed by atoms with E-state index in [4.69, 9.17) is 4.74 Å². The van der Waals surface area contributed by atoms with Gasteiger partial charge in [-0.05, 0) is 7.05 Å². The van der Waals surface area contributed by atoms with Crippen molar-refractivity contribution in [2.24, 2.45) is 5.92 Å². The lowest BCUT2D eigenvalue weighted by atomic mass is 10.2. The lowest BCUT2D eigenvalue weighted by Crippen LogP contribution is -2.45. The summed E-state index contributed by atoms with van der Waals surface area (Å²) in [5, 5.41) is 0. The molecular weight excluding hydrogens is 192 g/mol. The second kappa shape index (κ2) is 6.08. The third-order valence-electron chi connectivity index (χ3n) is 2.72. The Balaban J connectivity index is 2.08. The van der Waals surface area contributed by atoms with Crippen molar-refractivity contribution in [1.29, 1.82) is 0 Å². The topological polar surface area (TPSA) is 32.8 Å². The van der Waals surface area contributed by atoms with E-state index in [0.29, 0.717) is 6.61 Å². The van der Waals surface area contributed by atoms with Gasteiger partial charge in [0.1, 0.15) is 6.61 Å². The maximum absolute atomic E-state index is 11.2. The fraction of sp³-hybridized carbons (Fsp3) is 0.909. The average molecular weight is 214 g/mol. The summed E-state index contributed by atoms with van der Waals surface area (Å²) in [4.78, 5) is 15.8. The molecule has 0 aliphatic carbocycles. The van der Waals surface area contributed by atoms with Gasteiger partial charge in [-0.15, -0.1) is 0 Å². The van der Waals surface area contributed by atoms with Crippen LogP contribution in [0.3, 0.4) is 0 Å². The van der Waals surface area contributed by atoms with Gasteiger partial charge in [0.2, 0.25) is 0 Å². The molecule has 0 aromatic rings. The summed E-state index contributed by atoms with van der Waals surface area (Å²) in [5.41, 5.74) is 0. The maximum atomic E-state index is 11.2. The van der Waals surface area contributed by atoms with Crippen molar-refractivity contribution in [3.05, 3.63) is 0 Å². The molecule has 0 aromatic heterocycles. The Kier molecular flexibility index (Phi) is 5.05. The van der Waals surface area contributed by atoms with E-state index in [2.05, 4.69) is 16.8 Å². The minimum Gasteiger partial charge on any atom is -0.464 e. The molecule has 0 spiro atoms. The highest BCUT2D eigenvalue weighted by Crippen LogP contribution is 2.00. The van der Waals surface area contributed by atoms with Crippen LogP contribution in [0, 0.1) is 5.92 Å². The van der Waals surface area contributed by atoms with Crippen LogP contribution in [-0.2, 0) is 9.53 Å². The largest absolute Gasteiger partial charge is 0.464 e. The predicted octanol–water partition coefficient (Wildman–Crippen LogP) is 0.433. The molecule has 0 N–H and O–H groups in total. The Morgan fingerprint density at radius 2 is 1.87 bits per heavy atom. The molecule has 1 heterocycles. The number of hydrogen-bond donors (Lipinski definition) is 0. The lowest BCUT2D eigenvalue weighted by molar-refractivity contribution is -0.147. The number of piperazine rings is 1. The Labute approximate surface area is 92.2 Å². The molecule has 0 radical (unpaired) electrons. The molecule has 1 aliphatic rings. The first-order valence-electron chi connectivity index (χ1n) is 5.67. The van der Waals surface area contributed by atoms with E-state index in [9.17, 15) is 4.79 Å². The number of carbonyl (C=O) groups excluding carboxylic acids is 1. The van der Waals surface area contributed by atoms with Crippen LogP contribution in [0.1, 0.15) is 13.8 Å². The highest BCUT2D eigenvalue weighted by atomic mass is 16.5. The normalized spacial score (nSPS) is 19.5. The van der Waals surface area contributed by atoms with E-state index in [-0.39, 0.29) is 11.9 Å². The Morgan fingerprint density at radius 1 is 1.27 bits per heavy atom. The first-order valence-corrected chi connectivity index (χ1v) is 5.67. The summed E-state index contributed by atoms with van der Waals surface area (Å²) in [5.74, 6) is -0.110. The number of hydrogen-bond acceptors (Lipinski definition) is 4. The van der Waals surface area contributed by atoms with Gasteiger partial charge in [0, 0.05) is 32.7 Å². The molecule has 15 heavy (non-hydrogen) atoms. The van der Waals surface area contributed by atoms with Gasteiger partial charge in [0.15, 0.2) is 0 Å². The first-order chi connectivity index (χ1) is 7.09. The Hall–Kier alpha value is -0.610. The smallest absolute Gasteiger partial charge is 0.308 e. The molecule has 1 saturated heterocycles. The number of ether oxygens (including phenoxy) is 1. The van der Waals surface area contributed by atoms with Crippen molar-refractivity contribution in [3.63, 3.8) is 0 Å². The summed E-state index contributed by atoms with van der Waals surface area (Å²) >= 11 is 0. The van der Waals surface area contributed by atoms with E-state index < -0.39 is 0 Å². The fourth-order valence-electron chi connectivity index (χ4n) is 1.51. The molecule has 4 heteroatoms. The van der Waals surface area contributed by atoms with Gasteiger partial charge in [0.25, 0.3) is 0 Å².